The Kier molecular flexibility index (Phi) is 6.86. The number of ether oxygens (including phenoxy) is 1. The van der Waals surface area contributed by atoms with Crippen LogP contribution < -0.4 is 10.1 Å². The summed E-state index contributed by atoms with van der Waals surface area (Å²) in [4.78, 5) is 26.5. The van der Waals surface area contributed by atoms with Gasteiger partial charge in [-0.2, -0.15) is 0 Å². The third-order valence-electron chi connectivity index (χ3n) is 5.40. The van der Waals surface area contributed by atoms with E-state index >= 15 is 4.39 Å². The van der Waals surface area contributed by atoms with Crippen LogP contribution in [0.15, 0.2) is 54.6 Å². The van der Waals surface area contributed by atoms with E-state index in [9.17, 15) is 9.59 Å². The Morgan fingerprint density at radius 3 is 2.31 bits per heavy atom. The van der Waals surface area contributed by atoms with Gasteiger partial charge >= 0.3 is 0 Å². The number of nitrogens with zero attached hydrogens (tertiary/aromatic N) is 1. The van der Waals surface area contributed by atoms with Crippen LogP contribution in [0.1, 0.15) is 30.4 Å². The van der Waals surface area contributed by atoms with Gasteiger partial charge in [0.2, 0.25) is 5.91 Å². The molecular weight excluding hydrogens is 371 g/mol. The van der Waals surface area contributed by atoms with Crippen LogP contribution in [0.5, 0.6) is 5.75 Å². The van der Waals surface area contributed by atoms with E-state index in [1.165, 1.54) is 0 Å². The van der Waals surface area contributed by atoms with Gasteiger partial charge in [0.1, 0.15) is 5.75 Å². The second-order valence-electron chi connectivity index (χ2n) is 7.36. The maximum Gasteiger partial charge on any atom is 0.258 e. The van der Waals surface area contributed by atoms with Gasteiger partial charge in [0.25, 0.3) is 5.91 Å². The fraction of sp³-hybridized carbons (Fsp3) is 0.391. The lowest BCUT2D eigenvalue weighted by atomic mass is 9.92. The Balaban J connectivity index is 1.44. The highest BCUT2D eigenvalue weighted by Gasteiger charge is 2.42. The van der Waals surface area contributed by atoms with Crippen molar-refractivity contribution in [3.8, 4) is 5.75 Å². The Bertz CT molecular complexity index is 816. The van der Waals surface area contributed by atoms with E-state index in [2.05, 4.69) is 5.32 Å². The number of rotatable bonds is 7. The molecule has 2 aromatic carbocycles. The van der Waals surface area contributed by atoms with Gasteiger partial charge in [0.15, 0.2) is 5.67 Å². The summed E-state index contributed by atoms with van der Waals surface area (Å²) < 4.78 is 20.2. The van der Waals surface area contributed by atoms with Crippen LogP contribution in [-0.2, 0) is 22.6 Å². The van der Waals surface area contributed by atoms with E-state index in [1.807, 2.05) is 54.6 Å². The van der Waals surface area contributed by atoms with Gasteiger partial charge in [0.05, 0.1) is 7.11 Å². The molecule has 1 aliphatic heterocycles. The second-order valence-corrected chi connectivity index (χ2v) is 7.36. The molecule has 29 heavy (non-hydrogen) atoms. The van der Waals surface area contributed by atoms with Crippen molar-refractivity contribution in [3.05, 3.63) is 65.7 Å². The van der Waals surface area contributed by atoms with Crippen molar-refractivity contribution in [3.63, 3.8) is 0 Å². The maximum absolute atomic E-state index is 15.1. The van der Waals surface area contributed by atoms with Gasteiger partial charge in [-0.3, -0.25) is 9.59 Å². The lowest BCUT2D eigenvalue weighted by Gasteiger charge is -2.35. The number of hydrogen-bond donors (Lipinski definition) is 1. The molecule has 0 aromatic heterocycles. The van der Waals surface area contributed by atoms with E-state index < -0.39 is 11.6 Å². The minimum atomic E-state index is -1.92. The van der Waals surface area contributed by atoms with Crippen LogP contribution in [0.4, 0.5) is 4.39 Å². The van der Waals surface area contributed by atoms with Crippen LogP contribution >= 0.6 is 0 Å². The number of benzene rings is 2. The lowest BCUT2D eigenvalue weighted by molar-refractivity contribution is -0.142. The Morgan fingerprint density at radius 1 is 1.03 bits per heavy atom. The van der Waals surface area contributed by atoms with E-state index in [0.29, 0.717) is 19.4 Å². The fourth-order valence-electron chi connectivity index (χ4n) is 3.48. The minimum absolute atomic E-state index is 0.00689. The number of carbonyl (C=O) groups is 2. The van der Waals surface area contributed by atoms with Gasteiger partial charge in [-0.1, -0.05) is 42.5 Å². The maximum atomic E-state index is 15.1. The molecule has 0 unspecified atom stereocenters. The summed E-state index contributed by atoms with van der Waals surface area (Å²) in [6.45, 7) is 0.823. The van der Waals surface area contributed by atoms with Crippen molar-refractivity contribution < 1.29 is 18.7 Å². The van der Waals surface area contributed by atoms with E-state index in [1.54, 1.807) is 12.0 Å². The van der Waals surface area contributed by atoms with Crippen molar-refractivity contribution >= 4 is 11.8 Å². The summed E-state index contributed by atoms with van der Waals surface area (Å²) in [7, 11) is 1.61. The van der Waals surface area contributed by atoms with Crippen molar-refractivity contribution in [1.82, 2.24) is 10.2 Å². The highest BCUT2D eigenvalue weighted by atomic mass is 19.1. The summed E-state index contributed by atoms with van der Waals surface area (Å²) in [6, 6.07) is 17.0. The van der Waals surface area contributed by atoms with Crippen LogP contribution in [-0.4, -0.2) is 42.6 Å². The van der Waals surface area contributed by atoms with Crippen LogP contribution in [0.3, 0.4) is 0 Å². The predicted octanol–water partition coefficient (Wildman–Crippen LogP) is 3.27. The first-order valence-corrected chi connectivity index (χ1v) is 9.92. The third-order valence-corrected chi connectivity index (χ3v) is 5.40. The predicted molar refractivity (Wildman–Crippen MR) is 109 cm³/mol. The summed E-state index contributed by atoms with van der Waals surface area (Å²) in [5.74, 6) is 0.181. The zero-order valence-electron chi connectivity index (χ0n) is 16.7. The first kappa shape index (κ1) is 20.8. The molecule has 1 fully saturated rings. The Morgan fingerprint density at radius 2 is 1.69 bits per heavy atom. The molecule has 2 amide bonds. The Labute approximate surface area is 170 Å². The van der Waals surface area contributed by atoms with Crippen LogP contribution in [0, 0.1) is 0 Å². The Hall–Kier alpha value is -2.89. The van der Waals surface area contributed by atoms with Crippen molar-refractivity contribution in [2.24, 2.45) is 0 Å². The molecule has 2 aromatic rings. The number of aryl methyl sites for hydroxylation is 1. The third kappa shape index (κ3) is 5.56. The number of alkyl halides is 1. The highest BCUT2D eigenvalue weighted by Crippen LogP contribution is 2.27. The summed E-state index contributed by atoms with van der Waals surface area (Å²) in [5, 5.41) is 2.68. The first-order valence-electron chi connectivity index (χ1n) is 9.92. The summed E-state index contributed by atoms with van der Waals surface area (Å²) in [6.07, 6.45) is 1.05. The molecular formula is C23H27FN2O3. The SMILES string of the molecule is COc1ccc(CCC(=O)N2CCC(F)(C(=O)NCc3ccccc3)CC2)cc1. The zero-order valence-corrected chi connectivity index (χ0v) is 16.7. The van der Waals surface area contributed by atoms with Gasteiger partial charge < -0.3 is 15.0 Å². The highest BCUT2D eigenvalue weighted by molar-refractivity contribution is 5.85. The molecule has 0 bridgehead atoms. The van der Waals surface area contributed by atoms with Gasteiger partial charge in [0, 0.05) is 38.9 Å². The number of methoxy groups -OCH3 is 1. The number of nitrogens with one attached hydrogen (secondary N) is 1. The average Bonchev–Trinajstić information content (AvgIpc) is 2.77. The van der Waals surface area contributed by atoms with Crippen molar-refractivity contribution in [1.29, 1.82) is 0 Å². The molecule has 154 valence electrons. The van der Waals surface area contributed by atoms with Crippen LogP contribution in [0.2, 0.25) is 0 Å². The first-order chi connectivity index (χ1) is 14.0. The fourth-order valence-corrected chi connectivity index (χ4v) is 3.48. The van der Waals surface area contributed by atoms with Crippen molar-refractivity contribution in [2.45, 2.75) is 37.9 Å². The molecule has 1 N–H and O–H groups in total. The average molecular weight is 398 g/mol. The number of hydrogen-bond acceptors (Lipinski definition) is 3. The minimum Gasteiger partial charge on any atom is -0.497 e. The molecule has 3 rings (SSSR count). The van der Waals surface area contributed by atoms with E-state index in [0.717, 1.165) is 16.9 Å². The monoisotopic (exact) mass is 398 g/mol. The zero-order chi connectivity index (χ0) is 20.7. The molecule has 1 aliphatic rings. The summed E-state index contributed by atoms with van der Waals surface area (Å²) in [5.41, 5.74) is 0.0635. The second kappa shape index (κ2) is 9.54. The summed E-state index contributed by atoms with van der Waals surface area (Å²) >= 11 is 0. The number of halogens is 1. The molecule has 6 heteroatoms. The van der Waals surface area contributed by atoms with Crippen molar-refractivity contribution in [2.75, 3.05) is 20.2 Å². The quantitative estimate of drug-likeness (QED) is 0.779. The molecule has 0 aliphatic carbocycles. The molecule has 0 atom stereocenters. The largest absolute Gasteiger partial charge is 0.497 e. The number of amides is 2. The molecule has 1 saturated heterocycles. The van der Waals surface area contributed by atoms with Gasteiger partial charge in [-0.05, 0) is 29.7 Å². The smallest absolute Gasteiger partial charge is 0.258 e. The van der Waals surface area contributed by atoms with Gasteiger partial charge in [-0.15, -0.1) is 0 Å². The normalized spacial score (nSPS) is 15.6. The van der Waals surface area contributed by atoms with E-state index in [-0.39, 0.29) is 31.8 Å². The molecule has 0 saturated carbocycles. The lowest BCUT2D eigenvalue weighted by Crippen LogP contribution is -2.52. The molecule has 0 spiro atoms. The van der Waals surface area contributed by atoms with E-state index in [4.69, 9.17) is 4.74 Å². The molecule has 5 nitrogen and oxygen atoms in total. The number of likely N-dealkylation sites (tertiary alicyclic amines) is 1. The molecule has 0 radical (unpaired) electrons. The molecule has 1 heterocycles. The standard InChI is InChI=1S/C23H27FN2O3/c1-29-20-10-7-18(8-11-20)9-12-21(27)26-15-13-23(24,14-16-26)22(28)25-17-19-5-3-2-4-6-19/h2-8,10-11H,9,12-17H2,1H3,(H,25,28). The number of carbonyl (C=O) groups excluding carboxylic acids is 2. The van der Waals surface area contributed by atoms with Gasteiger partial charge in [-0.25, -0.2) is 4.39 Å². The van der Waals surface area contributed by atoms with Crippen LogP contribution in [0.25, 0.3) is 0 Å². The topological polar surface area (TPSA) is 58.6 Å². The number of piperidine rings is 1.